The Morgan fingerprint density at radius 3 is 2.36 bits per heavy atom. The van der Waals surface area contributed by atoms with Crippen molar-refractivity contribution in [3.05, 3.63) is 29.8 Å². The van der Waals surface area contributed by atoms with Crippen LogP contribution in [0, 0.1) is 23.7 Å². The first-order valence-corrected chi connectivity index (χ1v) is 8.09. The average molecular weight is 302 g/mol. The van der Waals surface area contributed by atoms with Gasteiger partial charge >= 0.3 is 0 Å². The van der Waals surface area contributed by atoms with Crippen molar-refractivity contribution < 1.29 is 9.59 Å². The van der Waals surface area contributed by atoms with Gasteiger partial charge in [-0.3, -0.25) is 9.59 Å². The summed E-state index contributed by atoms with van der Waals surface area (Å²) in [5.41, 5.74) is 6.39. The molecule has 4 nitrogen and oxygen atoms in total. The van der Waals surface area contributed by atoms with Crippen molar-refractivity contribution in [2.45, 2.75) is 40.0 Å². The van der Waals surface area contributed by atoms with E-state index in [-0.39, 0.29) is 11.8 Å². The molecular formula is C18H26N2O2. The van der Waals surface area contributed by atoms with Crippen LogP contribution in [0.3, 0.4) is 0 Å². The second-order valence-electron chi connectivity index (χ2n) is 6.86. The first kappa shape index (κ1) is 16.5. The van der Waals surface area contributed by atoms with E-state index in [0.717, 1.165) is 18.5 Å². The zero-order valence-corrected chi connectivity index (χ0v) is 13.6. The fourth-order valence-corrected chi connectivity index (χ4v) is 3.46. The molecule has 0 saturated heterocycles. The van der Waals surface area contributed by atoms with Gasteiger partial charge in [-0.05, 0) is 54.9 Å². The Morgan fingerprint density at radius 1 is 1.18 bits per heavy atom. The summed E-state index contributed by atoms with van der Waals surface area (Å²) in [5, 5.41) is 2.99. The third kappa shape index (κ3) is 3.87. The minimum Gasteiger partial charge on any atom is -0.366 e. The molecule has 2 amide bonds. The number of carbonyl (C=O) groups is 2. The highest BCUT2D eigenvalue weighted by atomic mass is 16.2. The molecule has 0 heterocycles. The van der Waals surface area contributed by atoms with Gasteiger partial charge in [-0.2, -0.15) is 0 Å². The monoisotopic (exact) mass is 302 g/mol. The summed E-state index contributed by atoms with van der Waals surface area (Å²) < 4.78 is 0. The Hall–Kier alpha value is -1.84. The number of benzene rings is 1. The van der Waals surface area contributed by atoms with Crippen molar-refractivity contribution >= 4 is 17.5 Å². The maximum absolute atomic E-state index is 12.6. The molecule has 0 radical (unpaired) electrons. The smallest absolute Gasteiger partial charge is 0.248 e. The molecule has 1 saturated carbocycles. The second-order valence-corrected chi connectivity index (χ2v) is 6.86. The van der Waals surface area contributed by atoms with Crippen LogP contribution >= 0.6 is 0 Å². The first-order chi connectivity index (χ1) is 10.4. The molecule has 0 aliphatic heterocycles. The summed E-state index contributed by atoms with van der Waals surface area (Å²) in [6.07, 6.45) is 3.28. The number of amides is 2. The van der Waals surface area contributed by atoms with Crippen LogP contribution < -0.4 is 11.1 Å². The summed E-state index contributed by atoms with van der Waals surface area (Å²) in [7, 11) is 0. The zero-order valence-electron chi connectivity index (χ0n) is 13.6. The van der Waals surface area contributed by atoms with Crippen LogP contribution in [0.1, 0.15) is 50.4 Å². The van der Waals surface area contributed by atoms with Gasteiger partial charge in [-0.1, -0.05) is 27.2 Å². The van der Waals surface area contributed by atoms with Gasteiger partial charge in [-0.15, -0.1) is 0 Å². The van der Waals surface area contributed by atoms with E-state index in [2.05, 4.69) is 26.1 Å². The predicted octanol–water partition coefficient (Wildman–Crippen LogP) is 3.43. The van der Waals surface area contributed by atoms with E-state index in [0.29, 0.717) is 23.3 Å². The number of primary amides is 1. The SMILES string of the molecule is CC(C)[C@@H]1CC[C@@H](C)C[C@H]1C(=O)Nc1ccc(C(N)=O)cc1. The number of nitrogens with two attached hydrogens (primary N) is 1. The van der Waals surface area contributed by atoms with Gasteiger partial charge in [0.15, 0.2) is 0 Å². The van der Waals surface area contributed by atoms with Crippen LogP contribution in [0.4, 0.5) is 5.69 Å². The van der Waals surface area contributed by atoms with Gasteiger partial charge < -0.3 is 11.1 Å². The molecule has 3 N–H and O–H groups in total. The van der Waals surface area contributed by atoms with E-state index >= 15 is 0 Å². The predicted molar refractivity (Wildman–Crippen MR) is 88.4 cm³/mol. The molecule has 1 aliphatic rings. The topological polar surface area (TPSA) is 72.2 Å². The van der Waals surface area contributed by atoms with E-state index < -0.39 is 5.91 Å². The van der Waals surface area contributed by atoms with Gasteiger partial charge in [-0.25, -0.2) is 0 Å². The molecule has 1 aromatic carbocycles. The van der Waals surface area contributed by atoms with Crippen LogP contribution in [-0.2, 0) is 4.79 Å². The summed E-state index contributed by atoms with van der Waals surface area (Å²) in [6.45, 7) is 6.61. The van der Waals surface area contributed by atoms with Crippen molar-refractivity contribution in [2.24, 2.45) is 29.4 Å². The lowest BCUT2D eigenvalue weighted by Gasteiger charge is -2.36. The van der Waals surface area contributed by atoms with Crippen LogP contribution in [0.25, 0.3) is 0 Å². The van der Waals surface area contributed by atoms with Crippen molar-refractivity contribution in [2.75, 3.05) is 5.32 Å². The van der Waals surface area contributed by atoms with E-state index in [4.69, 9.17) is 5.73 Å². The van der Waals surface area contributed by atoms with Gasteiger partial charge in [0, 0.05) is 17.2 Å². The minimum absolute atomic E-state index is 0.0690. The number of hydrogen-bond donors (Lipinski definition) is 2. The number of anilines is 1. The standard InChI is InChI=1S/C18H26N2O2/c1-11(2)15-9-4-12(3)10-16(15)18(22)20-14-7-5-13(6-8-14)17(19)21/h5-8,11-12,15-16H,4,9-10H2,1-3H3,(H2,19,21)(H,20,22)/t12-,15+,16-/m1/s1. The van der Waals surface area contributed by atoms with Crippen molar-refractivity contribution in [1.29, 1.82) is 0 Å². The number of nitrogens with one attached hydrogen (secondary N) is 1. The number of rotatable bonds is 4. The normalized spacial score (nSPS) is 25.0. The molecule has 2 rings (SSSR count). The van der Waals surface area contributed by atoms with Crippen LogP contribution in [0.5, 0.6) is 0 Å². The molecule has 0 unspecified atom stereocenters. The van der Waals surface area contributed by atoms with Gasteiger partial charge in [0.2, 0.25) is 11.8 Å². The number of hydrogen-bond acceptors (Lipinski definition) is 2. The quantitative estimate of drug-likeness (QED) is 0.894. The van der Waals surface area contributed by atoms with Gasteiger partial charge in [0.05, 0.1) is 0 Å². The van der Waals surface area contributed by atoms with Crippen LogP contribution in [-0.4, -0.2) is 11.8 Å². The Balaban J connectivity index is 2.07. The molecule has 120 valence electrons. The van der Waals surface area contributed by atoms with Crippen molar-refractivity contribution in [3.8, 4) is 0 Å². The van der Waals surface area contributed by atoms with E-state index in [9.17, 15) is 9.59 Å². The molecule has 1 aromatic rings. The molecule has 0 spiro atoms. The average Bonchev–Trinajstić information content (AvgIpc) is 2.47. The Labute approximate surface area is 132 Å². The van der Waals surface area contributed by atoms with Crippen LogP contribution in [0.15, 0.2) is 24.3 Å². The second kappa shape index (κ2) is 6.95. The summed E-state index contributed by atoms with van der Waals surface area (Å²) in [4.78, 5) is 23.7. The Bertz CT molecular complexity index is 537. The molecule has 0 aromatic heterocycles. The summed E-state index contributed by atoms with van der Waals surface area (Å²) in [5.74, 6) is 1.26. The highest BCUT2D eigenvalue weighted by Crippen LogP contribution is 2.38. The Kier molecular flexibility index (Phi) is 5.22. The van der Waals surface area contributed by atoms with E-state index in [1.54, 1.807) is 24.3 Å². The summed E-state index contributed by atoms with van der Waals surface area (Å²) in [6, 6.07) is 6.74. The molecule has 1 aliphatic carbocycles. The largest absolute Gasteiger partial charge is 0.366 e. The maximum atomic E-state index is 12.6. The van der Waals surface area contributed by atoms with Gasteiger partial charge in [0.1, 0.15) is 0 Å². The van der Waals surface area contributed by atoms with Gasteiger partial charge in [0.25, 0.3) is 0 Å². The third-order valence-electron chi connectivity index (χ3n) is 4.80. The maximum Gasteiger partial charge on any atom is 0.248 e. The highest BCUT2D eigenvalue weighted by molar-refractivity contribution is 5.95. The summed E-state index contributed by atoms with van der Waals surface area (Å²) >= 11 is 0. The Morgan fingerprint density at radius 2 is 1.82 bits per heavy atom. The lowest BCUT2D eigenvalue weighted by Crippen LogP contribution is -2.36. The van der Waals surface area contributed by atoms with Crippen molar-refractivity contribution in [3.63, 3.8) is 0 Å². The lowest BCUT2D eigenvalue weighted by atomic mass is 9.70. The molecular weight excluding hydrogens is 276 g/mol. The van der Waals surface area contributed by atoms with E-state index in [1.807, 2.05) is 0 Å². The molecule has 4 heteroatoms. The third-order valence-corrected chi connectivity index (χ3v) is 4.80. The fourth-order valence-electron chi connectivity index (χ4n) is 3.46. The van der Waals surface area contributed by atoms with Crippen LogP contribution in [0.2, 0.25) is 0 Å². The molecule has 1 fully saturated rings. The minimum atomic E-state index is -0.459. The molecule has 3 atom stereocenters. The first-order valence-electron chi connectivity index (χ1n) is 8.09. The molecule has 0 bridgehead atoms. The molecule has 22 heavy (non-hydrogen) atoms. The number of carbonyl (C=O) groups excluding carboxylic acids is 2. The zero-order chi connectivity index (χ0) is 16.3. The fraction of sp³-hybridized carbons (Fsp3) is 0.556. The lowest BCUT2D eigenvalue weighted by molar-refractivity contribution is -0.123. The van der Waals surface area contributed by atoms with E-state index in [1.165, 1.54) is 6.42 Å². The highest BCUT2D eigenvalue weighted by Gasteiger charge is 2.35. The van der Waals surface area contributed by atoms with Crippen molar-refractivity contribution in [1.82, 2.24) is 0 Å².